The van der Waals surface area contributed by atoms with Gasteiger partial charge in [0.1, 0.15) is 0 Å². The maximum Gasteiger partial charge on any atom is 0.251 e. The van der Waals surface area contributed by atoms with Gasteiger partial charge in [0, 0.05) is 24.7 Å². The van der Waals surface area contributed by atoms with E-state index in [1.54, 1.807) is 28.6 Å². The summed E-state index contributed by atoms with van der Waals surface area (Å²) in [5, 5.41) is 2.98. The van der Waals surface area contributed by atoms with Crippen LogP contribution in [0.4, 0.5) is 0 Å². The van der Waals surface area contributed by atoms with E-state index in [2.05, 4.69) is 26.1 Å². The highest BCUT2D eigenvalue weighted by Gasteiger charge is 2.28. The average molecular weight is 381 g/mol. The van der Waals surface area contributed by atoms with Crippen molar-refractivity contribution in [2.45, 2.75) is 64.3 Å². The minimum absolute atomic E-state index is 0.101. The number of carbonyl (C=O) groups is 1. The topological polar surface area (TPSA) is 66.5 Å². The van der Waals surface area contributed by atoms with Crippen LogP contribution in [0.25, 0.3) is 0 Å². The molecular formula is C20H32N2O3S. The second-order valence-electron chi connectivity index (χ2n) is 7.96. The first-order valence-corrected chi connectivity index (χ1v) is 11.0. The fraction of sp³-hybridized carbons (Fsp3) is 0.650. The molecule has 1 unspecified atom stereocenters. The summed E-state index contributed by atoms with van der Waals surface area (Å²) in [5.74, 6) is 1.03. The lowest BCUT2D eigenvalue weighted by atomic mass is 10.0. The van der Waals surface area contributed by atoms with Crippen molar-refractivity contribution in [3.05, 3.63) is 29.8 Å². The van der Waals surface area contributed by atoms with Crippen molar-refractivity contribution in [3.63, 3.8) is 0 Å². The van der Waals surface area contributed by atoms with Crippen LogP contribution in [-0.4, -0.2) is 37.8 Å². The van der Waals surface area contributed by atoms with Crippen LogP contribution in [0.5, 0.6) is 0 Å². The average Bonchev–Trinajstić information content (AvgIpc) is 2.60. The van der Waals surface area contributed by atoms with E-state index in [0.717, 1.165) is 25.7 Å². The van der Waals surface area contributed by atoms with Crippen LogP contribution >= 0.6 is 0 Å². The van der Waals surface area contributed by atoms with E-state index in [0.29, 0.717) is 30.5 Å². The summed E-state index contributed by atoms with van der Waals surface area (Å²) < 4.78 is 27.0. The van der Waals surface area contributed by atoms with Gasteiger partial charge < -0.3 is 5.32 Å². The molecule has 1 fully saturated rings. The molecule has 1 heterocycles. The van der Waals surface area contributed by atoms with Gasteiger partial charge in [0.2, 0.25) is 10.0 Å². The molecule has 1 aromatic rings. The van der Waals surface area contributed by atoms with Gasteiger partial charge in [-0.3, -0.25) is 4.79 Å². The van der Waals surface area contributed by atoms with E-state index < -0.39 is 10.0 Å². The molecule has 0 bridgehead atoms. The summed E-state index contributed by atoms with van der Waals surface area (Å²) in [5.41, 5.74) is 0.493. The Morgan fingerprint density at radius 2 is 1.69 bits per heavy atom. The highest BCUT2D eigenvalue weighted by Crippen LogP contribution is 2.23. The summed E-state index contributed by atoms with van der Waals surface area (Å²) in [4.78, 5) is 12.6. The molecule has 26 heavy (non-hydrogen) atoms. The Labute approximate surface area is 158 Å². The highest BCUT2D eigenvalue weighted by molar-refractivity contribution is 7.89. The molecule has 1 N–H and O–H groups in total. The molecule has 1 saturated heterocycles. The number of rotatable bonds is 7. The molecule has 6 heteroatoms. The number of hydrogen-bond donors (Lipinski definition) is 1. The van der Waals surface area contributed by atoms with Gasteiger partial charge in [-0.05, 0) is 68.7 Å². The number of sulfonamides is 1. The van der Waals surface area contributed by atoms with E-state index in [1.165, 1.54) is 0 Å². The van der Waals surface area contributed by atoms with Gasteiger partial charge in [0.05, 0.1) is 4.90 Å². The van der Waals surface area contributed by atoms with Crippen molar-refractivity contribution in [1.82, 2.24) is 9.62 Å². The van der Waals surface area contributed by atoms with E-state index in [-0.39, 0.29) is 16.8 Å². The first-order valence-electron chi connectivity index (χ1n) is 9.61. The summed E-state index contributed by atoms with van der Waals surface area (Å²) >= 11 is 0. The van der Waals surface area contributed by atoms with Crippen LogP contribution < -0.4 is 5.32 Å². The van der Waals surface area contributed by atoms with Gasteiger partial charge in [-0.1, -0.05) is 20.8 Å². The Bertz CT molecular complexity index is 690. The van der Waals surface area contributed by atoms with Crippen LogP contribution in [0.15, 0.2) is 29.2 Å². The van der Waals surface area contributed by atoms with E-state index in [1.807, 2.05) is 6.92 Å². The molecule has 1 aromatic carbocycles. The summed E-state index contributed by atoms with van der Waals surface area (Å²) in [6.45, 7) is 9.61. The van der Waals surface area contributed by atoms with E-state index in [9.17, 15) is 13.2 Å². The Morgan fingerprint density at radius 1 is 1.12 bits per heavy atom. The van der Waals surface area contributed by atoms with Crippen molar-refractivity contribution in [2.75, 3.05) is 13.1 Å². The Balaban J connectivity index is 1.99. The number of amides is 1. The number of benzene rings is 1. The second-order valence-corrected chi connectivity index (χ2v) is 9.89. The molecule has 0 saturated carbocycles. The Hall–Kier alpha value is -1.40. The summed E-state index contributed by atoms with van der Waals surface area (Å²) in [6.07, 6.45) is 3.79. The van der Waals surface area contributed by atoms with Gasteiger partial charge in [-0.25, -0.2) is 8.42 Å². The molecular weight excluding hydrogens is 348 g/mol. The first kappa shape index (κ1) is 20.9. The standard InChI is InChI=1S/C20H32N2O3S/c1-15(2)5-6-17(4)21-20(23)18-7-9-19(10-8-18)26(24,25)22-13-11-16(3)12-14-22/h7-10,15-17H,5-6,11-14H2,1-4H3,(H,21,23). The van der Waals surface area contributed by atoms with Crippen molar-refractivity contribution in [2.24, 2.45) is 11.8 Å². The van der Waals surface area contributed by atoms with Gasteiger partial charge in [0.25, 0.3) is 5.91 Å². The SMILES string of the molecule is CC(C)CCC(C)NC(=O)c1ccc(S(=O)(=O)N2CCC(C)CC2)cc1. The fourth-order valence-corrected chi connectivity index (χ4v) is 4.58. The van der Waals surface area contributed by atoms with Crippen molar-refractivity contribution >= 4 is 15.9 Å². The molecule has 0 radical (unpaired) electrons. The molecule has 146 valence electrons. The van der Waals surface area contributed by atoms with Crippen LogP contribution in [0, 0.1) is 11.8 Å². The predicted octanol–water partition coefficient (Wildman–Crippen LogP) is 3.66. The summed E-state index contributed by atoms with van der Waals surface area (Å²) in [6, 6.07) is 6.39. The largest absolute Gasteiger partial charge is 0.350 e. The number of carbonyl (C=O) groups excluding carboxylic acids is 1. The third-order valence-corrected chi connectivity index (χ3v) is 6.96. The molecule has 1 amide bonds. The highest BCUT2D eigenvalue weighted by atomic mass is 32.2. The minimum Gasteiger partial charge on any atom is -0.350 e. The quantitative estimate of drug-likeness (QED) is 0.785. The molecule has 1 atom stereocenters. The number of nitrogens with one attached hydrogen (secondary N) is 1. The Kier molecular flexibility index (Phi) is 7.24. The predicted molar refractivity (Wildman–Crippen MR) is 105 cm³/mol. The monoisotopic (exact) mass is 380 g/mol. The molecule has 1 aliphatic rings. The van der Waals surface area contributed by atoms with Crippen LogP contribution in [0.2, 0.25) is 0 Å². The minimum atomic E-state index is -3.47. The van der Waals surface area contributed by atoms with Crippen LogP contribution in [0.1, 0.15) is 63.7 Å². The number of piperidine rings is 1. The third-order valence-electron chi connectivity index (χ3n) is 5.05. The molecule has 0 aliphatic carbocycles. The normalized spacial score (nSPS) is 18.0. The van der Waals surface area contributed by atoms with Gasteiger partial charge in [-0.15, -0.1) is 0 Å². The second kappa shape index (κ2) is 9.00. The van der Waals surface area contributed by atoms with Crippen molar-refractivity contribution < 1.29 is 13.2 Å². The van der Waals surface area contributed by atoms with E-state index in [4.69, 9.17) is 0 Å². The lowest BCUT2D eigenvalue weighted by Crippen LogP contribution is -2.37. The van der Waals surface area contributed by atoms with Gasteiger partial charge in [0.15, 0.2) is 0 Å². The third kappa shape index (κ3) is 5.55. The number of nitrogens with zero attached hydrogens (tertiary/aromatic N) is 1. The lowest BCUT2D eigenvalue weighted by molar-refractivity contribution is 0.0937. The molecule has 2 rings (SSSR count). The van der Waals surface area contributed by atoms with Crippen LogP contribution in [0.3, 0.4) is 0 Å². The first-order chi connectivity index (χ1) is 12.2. The maximum atomic E-state index is 12.7. The zero-order valence-corrected chi connectivity index (χ0v) is 17.2. The van der Waals surface area contributed by atoms with E-state index >= 15 is 0 Å². The zero-order chi connectivity index (χ0) is 19.3. The zero-order valence-electron chi connectivity index (χ0n) is 16.4. The Morgan fingerprint density at radius 3 is 2.23 bits per heavy atom. The van der Waals surface area contributed by atoms with Crippen LogP contribution in [-0.2, 0) is 10.0 Å². The molecule has 0 spiro atoms. The van der Waals surface area contributed by atoms with Crippen molar-refractivity contribution in [3.8, 4) is 0 Å². The number of hydrogen-bond acceptors (Lipinski definition) is 3. The molecule has 5 nitrogen and oxygen atoms in total. The van der Waals surface area contributed by atoms with Gasteiger partial charge in [-0.2, -0.15) is 4.31 Å². The maximum absolute atomic E-state index is 12.7. The smallest absolute Gasteiger partial charge is 0.251 e. The van der Waals surface area contributed by atoms with Crippen molar-refractivity contribution in [1.29, 1.82) is 0 Å². The lowest BCUT2D eigenvalue weighted by Gasteiger charge is -2.29. The fourth-order valence-electron chi connectivity index (χ4n) is 3.12. The molecule has 1 aliphatic heterocycles. The summed E-state index contributed by atoms with van der Waals surface area (Å²) in [7, 11) is -3.47. The molecule has 0 aromatic heterocycles. The van der Waals surface area contributed by atoms with Gasteiger partial charge >= 0.3 is 0 Å².